The van der Waals surface area contributed by atoms with Crippen LogP contribution in [-0.2, 0) is 24.2 Å². The molecular formula is C33H32N6O5. The van der Waals surface area contributed by atoms with Crippen molar-refractivity contribution in [2.24, 2.45) is 11.5 Å². The summed E-state index contributed by atoms with van der Waals surface area (Å²) in [6.07, 6.45) is -1.03. The van der Waals surface area contributed by atoms with Crippen LogP contribution < -0.4 is 21.5 Å². The van der Waals surface area contributed by atoms with Crippen molar-refractivity contribution in [2.75, 3.05) is 7.05 Å². The Morgan fingerprint density at radius 1 is 0.841 bits per heavy atom. The number of amides is 3. The zero-order chi connectivity index (χ0) is 31.1. The molecule has 44 heavy (non-hydrogen) atoms. The second kappa shape index (κ2) is 13.6. The van der Waals surface area contributed by atoms with Crippen LogP contribution >= 0.6 is 0 Å². The number of aromatic nitrogens is 2. The molecule has 11 heteroatoms. The minimum Gasteiger partial charge on any atom is -0.391 e. The van der Waals surface area contributed by atoms with Crippen molar-refractivity contribution >= 4 is 28.7 Å². The quantitative estimate of drug-likeness (QED) is 0.207. The fourth-order valence-electron chi connectivity index (χ4n) is 4.99. The molecule has 5 rings (SSSR count). The summed E-state index contributed by atoms with van der Waals surface area (Å²) >= 11 is 0. The molecule has 2 atom stereocenters. The molecule has 0 fully saturated rings. The third kappa shape index (κ3) is 7.26. The lowest BCUT2D eigenvalue weighted by Crippen LogP contribution is -2.49. The number of hydrogen-bond acceptors (Lipinski definition) is 8. The van der Waals surface area contributed by atoms with Gasteiger partial charge in [0.25, 0.3) is 5.91 Å². The number of carbonyl (C=O) groups is 3. The Bertz CT molecular complexity index is 1770. The number of nitrogens with one attached hydrogen (secondary N) is 1. The number of likely N-dealkylation sites (N-methyl/N-ethyl adjacent to an activating group) is 1. The van der Waals surface area contributed by atoms with Crippen molar-refractivity contribution in [1.82, 2.24) is 20.4 Å². The molecular weight excluding hydrogens is 560 g/mol. The largest absolute Gasteiger partial charge is 0.423 e. The maximum Gasteiger partial charge on any atom is 0.423 e. The van der Waals surface area contributed by atoms with Gasteiger partial charge < -0.3 is 30.8 Å². The van der Waals surface area contributed by atoms with Gasteiger partial charge in [-0.2, -0.15) is 0 Å². The minimum absolute atomic E-state index is 0.0346. The van der Waals surface area contributed by atoms with E-state index in [1.807, 2.05) is 78.9 Å². The monoisotopic (exact) mass is 592 g/mol. The van der Waals surface area contributed by atoms with E-state index in [1.54, 1.807) is 25.2 Å². The van der Waals surface area contributed by atoms with Gasteiger partial charge in [-0.15, -0.1) is 5.10 Å². The van der Waals surface area contributed by atoms with E-state index in [9.17, 15) is 14.4 Å². The van der Waals surface area contributed by atoms with Crippen LogP contribution in [0.25, 0.3) is 10.8 Å². The van der Waals surface area contributed by atoms with E-state index >= 15 is 0 Å². The molecule has 0 saturated heterocycles. The van der Waals surface area contributed by atoms with Crippen molar-refractivity contribution in [3.8, 4) is 6.08 Å². The van der Waals surface area contributed by atoms with Crippen molar-refractivity contribution < 1.29 is 23.5 Å². The Morgan fingerprint density at radius 3 is 2.32 bits per heavy atom. The van der Waals surface area contributed by atoms with Crippen molar-refractivity contribution in [3.05, 3.63) is 125 Å². The number of primary amides is 1. The third-order valence-corrected chi connectivity index (χ3v) is 7.26. The molecule has 0 saturated carbocycles. The van der Waals surface area contributed by atoms with Crippen LogP contribution in [0.2, 0.25) is 0 Å². The molecule has 11 nitrogen and oxygen atoms in total. The molecule has 0 bridgehead atoms. The van der Waals surface area contributed by atoms with Gasteiger partial charge in [0, 0.05) is 32.0 Å². The number of ether oxygens (including phenoxy) is 1. The normalized spacial score (nSPS) is 12.3. The summed E-state index contributed by atoms with van der Waals surface area (Å²) in [5.74, 6) is -0.771. The number of fused-ring (bicyclic) bond motifs is 1. The van der Waals surface area contributed by atoms with Crippen molar-refractivity contribution in [2.45, 2.75) is 31.5 Å². The van der Waals surface area contributed by atoms with Gasteiger partial charge >= 0.3 is 12.2 Å². The van der Waals surface area contributed by atoms with E-state index in [0.717, 1.165) is 27.5 Å². The smallest absolute Gasteiger partial charge is 0.391 e. The Morgan fingerprint density at radius 2 is 1.57 bits per heavy atom. The van der Waals surface area contributed by atoms with Crippen LogP contribution in [-0.4, -0.2) is 46.1 Å². The second-order valence-electron chi connectivity index (χ2n) is 10.3. The predicted octanol–water partition coefficient (Wildman–Crippen LogP) is 3.92. The Hall–Kier alpha value is -5.55. The number of carbonyl (C=O) groups excluding carboxylic acids is 3. The van der Waals surface area contributed by atoms with Gasteiger partial charge in [-0.3, -0.25) is 9.59 Å². The van der Waals surface area contributed by atoms with Crippen LogP contribution in [0.4, 0.5) is 4.79 Å². The summed E-state index contributed by atoms with van der Waals surface area (Å²) in [6, 6.07) is 28.5. The molecule has 0 aliphatic heterocycles. The molecule has 0 spiro atoms. The minimum atomic E-state index is -1.11. The summed E-state index contributed by atoms with van der Waals surface area (Å²) in [6.45, 7) is 0.274. The second-order valence-corrected chi connectivity index (χ2v) is 10.3. The molecule has 4 aromatic carbocycles. The molecule has 0 unspecified atom stereocenters. The molecule has 1 aromatic heterocycles. The number of nitrogens with two attached hydrogens (primary N) is 2. The lowest BCUT2D eigenvalue weighted by Gasteiger charge is -2.30. The molecule has 0 aliphatic carbocycles. The Balaban J connectivity index is 1.48. The lowest BCUT2D eigenvalue weighted by molar-refractivity contribution is -0.134. The highest BCUT2D eigenvalue weighted by atomic mass is 16.6. The van der Waals surface area contributed by atoms with Gasteiger partial charge in [0.15, 0.2) is 0 Å². The van der Waals surface area contributed by atoms with Crippen LogP contribution in [0.15, 0.2) is 101 Å². The molecule has 5 N–H and O–H groups in total. The van der Waals surface area contributed by atoms with E-state index in [4.69, 9.17) is 20.6 Å². The van der Waals surface area contributed by atoms with Gasteiger partial charge in [0.05, 0.1) is 0 Å². The Labute approximate surface area is 253 Å². The summed E-state index contributed by atoms with van der Waals surface area (Å²) in [4.78, 5) is 40.5. The number of hydrogen-bond donors (Lipinski definition) is 3. The topological polar surface area (TPSA) is 167 Å². The lowest BCUT2D eigenvalue weighted by atomic mass is 9.99. The molecule has 0 radical (unpaired) electrons. The van der Waals surface area contributed by atoms with Crippen molar-refractivity contribution in [1.29, 1.82) is 0 Å². The number of benzene rings is 4. The number of nitrogens with zero attached hydrogens (tertiary/aromatic N) is 3. The van der Waals surface area contributed by atoms with Crippen LogP contribution in [0, 0.1) is 0 Å². The fraction of sp³-hybridized carbons (Fsp3) is 0.182. The van der Waals surface area contributed by atoms with E-state index in [2.05, 4.69) is 15.5 Å². The van der Waals surface area contributed by atoms with Crippen LogP contribution in [0.5, 0.6) is 6.08 Å². The van der Waals surface area contributed by atoms with Crippen LogP contribution in [0.3, 0.4) is 0 Å². The highest BCUT2D eigenvalue weighted by Crippen LogP contribution is 2.27. The standard InChI is InChI=1S/C33H32N6O5/c1-39(28(19-21-8-3-2-4-9-21)30-37-38-33(43-30)44-32(35)42)31(41)27(36-29(40)26-13-7-10-23(17-26)20-34)18-22-14-15-24-11-5-6-12-25(24)16-22/h2-17,27-28H,18-20,34H2,1H3,(H2,35,42)(H,36,40)/t27-,28-/m1/s1. The molecule has 224 valence electrons. The summed E-state index contributed by atoms with van der Waals surface area (Å²) in [5.41, 5.74) is 13.8. The molecule has 0 aliphatic rings. The van der Waals surface area contributed by atoms with Gasteiger partial charge in [0.1, 0.15) is 12.1 Å². The first-order chi connectivity index (χ1) is 21.3. The average molecular weight is 593 g/mol. The van der Waals surface area contributed by atoms with Gasteiger partial charge in [-0.1, -0.05) is 90.0 Å². The fourth-order valence-corrected chi connectivity index (χ4v) is 4.99. The zero-order valence-electron chi connectivity index (χ0n) is 24.1. The Kier molecular flexibility index (Phi) is 9.26. The van der Waals surface area contributed by atoms with Gasteiger partial charge in [0.2, 0.25) is 11.8 Å². The molecule has 5 aromatic rings. The summed E-state index contributed by atoms with van der Waals surface area (Å²) < 4.78 is 10.3. The van der Waals surface area contributed by atoms with Crippen LogP contribution in [0.1, 0.15) is 39.0 Å². The van der Waals surface area contributed by atoms with E-state index in [1.165, 1.54) is 4.90 Å². The predicted molar refractivity (Wildman–Crippen MR) is 163 cm³/mol. The third-order valence-electron chi connectivity index (χ3n) is 7.26. The van der Waals surface area contributed by atoms with Gasteiger partial charge in [-0.05, 0) is 39.6 Å². The first-order valence-corrected chi connectivity index (χ1v) is 14.0. The maximum atomic E-state index is 14.3. The first kappa shape index (κ1) is 29.9. The average Bonchev–Trinajstić information content (AvgIpc) is 3.50. The molecule has 3 amide bonds. The highest BCUT2D eigenvalue weighted by molar-refractivity contribution is 5.98. The first-order valence-electron chi connectivity index (χ1n) is 14.0. The SMILES string of the molecule is CN(C(=O)[C@@H](Cc1ccc2ccccc2c1)NC(=O)c1cccc(CN)c1)[C@H](Cc1ccccc1)c1nnc(OC(N)=O)o1. The van der Waals surface area contributed by atoms with E-state index in [-0.39, 0.29) is 18.9 Å². The van der Waals surface area contributed by atoms with Gasteiger partial charge in [-0.25, -0.2) is 4.79 Å². The number of rotatable bonds is 11. The van der Waals surface area contributed by atoms with Crippen molar-refractivity contribution in [3.63, 3.8) is 0 Å². The summed E-state index contributed by atoms with van der Waals surface area (Å²) in [5, 5.41) is 12.8. The molecule has 1 heterocycles. The zero-order valence-corrected chi connectivity index (χ0v) is 24.1. The summed E-state index contributed by atoms with van der Waals surface area (Å²) in [7, 11) is 1.60. The van der Waals surface area contributed by atoms with E-state index < -0.39 is 36.1 Å². The highest BCUT2D eigenvalue weighted by Gasteiger charge is 2.33. The maximum absolute atomic E-state index is 14.3. The van der Waals surface area contributed by atoms with E-state index in [0.29, 0.717) is 12.0 Å².